The number of carbonyl (C=O) groups excluding carboxylic acids is 1. The highest BCUT2D eigenvalue weighted by molar-refractivity contribution is 5.85. The third-order valence-corrected chi connectivity index (χ3v) is 3.57. The number of aryl methyl sites for hydroxylation is 1. The molecule has 0 saturated carbocycles. The van der Waals surface area contributed by atoms with E-state index in [2.05, 4.69) is 29.7 Å². The van der Waals surface area contributed by atoms with Gasteiger partial charge in [0, 0.05) is 19.1 Å². The lowest BCUT2D eigenvalue weighted by Gasteiger charge is -2.27. The average Bonchev–Trinajstić information content (AvgIpc) is 2.34. The van der Waals surface area contributed by atoms with Crippen molar-refractivity contribution < 1.29 is 9.53 Å². The van der Waals surface area contributed by atoms with E-state index in [1.807, 2.05) is 12.1 Å². The van der Waals surface area contributed by atoms with Crippen LogP contribution in [0.4, 0.5) is 0 Å². The fourth-order valence-electron chi connectivity index (χ4n) is 2.08. The number of amides is 1. The molecule has 1 unspecified atom stereocenters. The smallest absolute Gasteiger partial charge is 0.225 e. The number of rotatable bonds is 6. The molecule has 5 heteroatoms. The maximum atomic E-state index is 11.8. The predicted octanol–water partition coefficient (Wildman–Crippen LogP) is 1.77. The van der Waals surface area contributed by atoms with Crippen LogP contribution in [0.1, 0.15) is 18.9 Å². The van der Waals surface area contributed by atoms with Gasteiger partial charge in [0.25, 0.3) is 0 Å². The van der Waals surface area contributed by atoms with Gasteiger partial charge in [-0.3, -0.25) is 4.79 Å². The molecule has 20 heavy (non-hydrogen) atoms. The van der Waals surface area contributed by atoms with Gasteiger partial charge < -0.3 is 15.4 Å². The first-order valence-corrected chi connectivity index (χ1v) is 6.83. The van der Waals surface area contributed by atoms with Crippen molar-refractivity contribution in [3.05, 3.63) is 29.8 Å². The molecule has 2 N–H and O–H groups in total. The lowest BCUT2D eigenvalue weighted by atomic mass is 10.0. The fourth-order valence-corrected chi connectivity index (χ4v) is 2.08. The van der Waals surface area contributed by atoms with Gasteiger partial charge in [0.15, 0.2) is 0 Å². The molecule has 0 bridgehead atoms. The summed E-state index contributed by atoms with van der Waals surface area (Å²) in [5.41, 5.74) is 1.27. The van der Waals surface area contributed by atoms with E-state index >= 15 is 0 Å². The summed E-state index contributed by atoms with van der Waals surface area (Å²) >= 11 is 0. The Hall–Kier alpha value is -1.26. The van der Waals surface area contributed by atoms with Crippen molar-refractivity contribution in [1.82, 2.24) is 10.6 Å². The average molecular weight is 299 g/mol. The number of benzene rings is 1. The van der Waals surface area contributed by atoms with Crippen LogP contribution in [0.2, 0.25) is 0 Å². The summed E-state index contributed by atoms with van der Waals surface area (Å²) in [6, 6.07) is 8.30. The van der Waals surface area contributed by atoms with E-state index < -0.39 is 0 Å². The van der Waals surface area contributed by atoms with Crippen molar-refractivity contribution in [3.63, 3.8) is 0 Å². The van der Waals surface area contributed by atoms with E-state index in [4.69, 9.17) is 4.74 Å². The second kappa shape index (κ2) is 8.12. The molecule has 1 aromatic carbocycles. The van der Waals surface area contributed by atoms with E-state index in [1.54, 1.807) is 7.11 Å². The van der Waals surface area contributed by atoms with Crippen LogP contribution in [-0.4, -0.2) is 32.1 Å². The largest absolute Gasteiger partial charge is 0.497 e. The molecule has 0 spiro atoms. The quantitative estimate of drug-likeness (QED) is 0.842. The molecule has 4 nitrogen and oxygen atoms in total. The highest BCUT2D eigenvalue weighted by Gasteiger charge is 2.25. The number of halogens is 1. The molecule has 0 radical (unpaired) electrons. The van der Waals surface area contributed by atoms with Crippen molar-refractivity contribution >= 4 is 18.3 Å². The monoisotopic (exact) mass is 298 g/mol. The fraction of sp³-hybridized carbons (Fsp3) is 0.533. The van der Waals surface area contributed by atoms with Crippen molar-refractivity contribution in [2.75, 3.05) is 20.2 Å². The number of methoxy groups -OCH3 is 1. The van der Waals surface area contributed by atoms with Gasteiger partial charge in [0.05, 0.1) is 13.0 Å². The molecule has 1 amide bonds. The molecule has 1 fully saturated rings. The maximum absolute atomic E-state index is 11.8. The van der Waals surface area contributed by atoms with Crippen LogP contribution < -0.4 is 15.4 Å². The first-order valence-electron chi connectivity index (χ1n) is 6.83. The second-order valence-corrected chi connectivity index (χ2v) is 5.15. The molecular formula is C15H23ClN2O2. The minimum atomic E-state index is 0. The molecule has 1 atom stereocenters. The molecule has 1 aliphatic heterocycles. The maximum Gasteiger partial charge on any atom is 0.225 e. The Morgan fingerprint density at radius 3 is 2.55 bits per heavy atom. The highest BCUT2D eigenvalue weighted by atomic mass is 35.5. The summed E-state index contributed by atoms with van der Waals surface area (Å²) in [4.78, 5) is 11.8. The molecule has 1 aliphatic rings. The summed E-state index contributed by atoms with van der Waals surface area (Å²) in [5, 5.41) is 6.18. The minimum absolute atomic E-state index is 0. The van der Waals surface area contributed by atoms with Gasteiger partial charge in [-0.1, -0.05) is 12.1 Å². The van der Waals surface area contributed by atoms with Crippen LogP contribution in [0.5, 0.6) is 5.75 Å². The number of carbonyl (C=O) groups is 1. The zero-order chi connectivity index (χ0) is 13.7. The Morgan fingerprint density at radius 1 is 1.40 bits per heavy atom. The zero-order valence-corrected chi connectivity index (χ0v) is 12.8. The summed E-state index contributed by atoms with van der Waals surface area (Å²) in [5.74, 6) is 1.23. The van der Waals surface area contributed by atoms with Crippen LogP contribution in [0.25, 0.3) is 0 Å². The standard InChI is InChI=1S/C15H22N2O2.ClH/c1-11(17-15(18)13-9-16-10-13)3-4-12-5-7-14(19-2)8-6-12;/h5-8,11,13,16H,3-4,9-10H2,1-2H3,(H,17,18);1H. The van der Waals surface area contributed by atoms with Gasteiger partial charge >= 0.3 is 0 Å². The van der Waals surface area contributed by atoms with Crippen molar-refractivity contribution in [2.24, 2.45) is 5.92 Å². The SMILES string of the molecule is COc1ccc(CCC(C)NC(=O)C2CNC2)cc1.Cl. The zero-order valence-electron chi connectivity index (χ0n) is 12.0. The third-order valence-electron chi connectivity index (χ3n) is 3.57. The Kier molecular flexibility index (Phi) is 6.82. The number of ether oxygens (including phenoxy) is 1. The second-order valence-electron chi connectivity index (χ2n) is 5.15. The molecule has 0 aromatic heterocycles. The van der Waals surface area contributed by atoms with Gasteiger partial charge in [0.1, 0.15) is 5.75 Å². The number of hydrogen-bond donors (Lipinski definition) is 2. The number of nitrogens with one attached hydrogen (secondary N) is 2. The summed E-state index contributed by atoms with van der Waals surface area (Å²) in [7, 11) is 1.67. The van der Waals surface area contributed by atoms with Crippen LogP contribution in [0.3, 0.4) is 0 Å². The van der Waals surface area contributed by atoms with Crippen molar-refractivity contribution in [3.8, 4) is 5.75 Å². The van der Waals surface area contributed by atoms with Gasteiger partial charge in [-0.25, -0.2) is 0 Å². The summed E-state index contributed by atoms with van der Waals surface area (Å²) in [6.07, 6.45) is 1.92. The van der Waals surface area contributed by atoms with E-state index in [0.29, 0.717) is 0 Å². The van der Waals surface area contributed by atoms with Crippen LogP contribution in [-0.2, 0) is 11.2 Å². The van der Waals surface area contributed by atoms with E-state index in [-0.39, 0.29) is 30.3 Å². The number of hydrogen-bond acceptors (Lipinski definition) is 3. The molecule has 1 heterocycles. The molecule has 1 aromatic rings. The lowest BCUT2D eigenvalue weighted by Crippen LogP contribution is -2.52. The van der Waals surface area contributed by atoms with Crippen LogP contribution in [0.15, 0.2) is 24.3 Å². The molecular weight excluding hydrogens is 276 g/mol. The van der Waals surface area contributed by atoms with E-state index in [1.165, 1.54) is 5.56 Å². The third kappa shape index (κ3) is 4.69. The normalized spacial score (nSPS) is 15.7. The van der Waals surface area contributed by atoms with Crippen molar-refractivity contribution in [2.45, 2.75) is 25.8 Å². The van der Waals surface area contributed by atoms with Crippen molar-refractivity contribution in [1.29, 1.82) is 0 Å². The minimum Gasteiger partial charge on any atom is -0.497 e. The molecule has 0 aliphatic carbocycles. The summed E-state index contributed by atoms with van der Waals surface area (Å²) < 4.78 is 5.13. The van der Waals surface area contributed by atoms with Gasteiger partial charge in [-0.2, -0.15) is 0 Å². The summed E-state index contributed by atoms with van der Waals surface area (Å²) in [6.45, 7) is 3.70. The van der Waals surface area contributed by atoms with E-state index in [9.17, 15) is 4.79 Å². The van der Waals surface area contributed by atoms with Crippen LogP contribution >= 0.6 is 12.4 Å². The Bertz CT molecular complexity index is 418. The highest BCUT2D eigenvalue weighted by Crippen LogP contribution is 2.13. The van der Waals surface area contributed by atoms with Gasteiger partial charge in [-0.15, -0.1) is 12.4 Å². The lowest BCUT2D eigenvalue weighted by molar-refractivity contribution is -0.127. The Balaban J connectivity index is 0.00000200. The van der Waals surface area contributed by atoms with Crippen LogP contribution in [0, 0.1) is 5.92 Å². The van der Waals surface area contributed by atoms with Gasteiger partial charge in [-0.05, 0) is 37.5 Å². The topological polar surface area (TPSA) is 50.4 Å². The molecule has 112 valence electrons. The van der Waals surface area contributed by atoms with Gasteiger partial charge in [0.2, 0.25) is 5.91 Å². The molecule has 1 saturated heterocycles. The Labute approximate surface area is 126 Å². The van der Waals surface area contributed by atoms with E-state index in [0.717, 1.165) is 31.7 Å². The first kappa shape index (κ1) is 16.8. The Morgan fingerprint density at radius 2 is 2.05 bits per heavy atom. The predicted molar refractivity (Wildman–Crippen MR) is 82.5 cm³/mol. The first-order chi connectivity index (χ1) is 9.19. The molecule has 2 rings (SSSR count).